The molecule has 0 unspecified atom stereocenters. The van der Waals surface area contributed by atoms with Crippen molar-refractivity contribution in [1.29, 1.82) is 0 Å². The largest absolute Gasteiger partial charge is 0.493 e. The number of hydrogen-bond donors (Lipinski definition) is 0. The van der Waals surface area contributed by atoms with Crippen LogP contribution in [0.2, 0.25) is 0 Å². The normalized spacial score (nSPS) is 13.6. The van der Waals surface area contributed by atoms with Gasteiger partial charge in [0, 0.05) is 18.7 Å². The molecule has 1 aliphatic rings. The molecule has 0 atom stereocenters. The minimum Gasteiger partial charge on any atom is -0.493 e. The molecule has 4 heteroatoms. The van der Waals surface area contributed by atoms with Crippen LogP contribution in [0.5, 0.6) is 11.5 Å². The van der Waals surface area contributed by atoms with Crippen molar-refractivity contribution >= 4 is 5.91 Å². The van der Waals surface area contributed by atoms with Gasteiger partial charge in [0.1, 0.15) is 0 Å². The molecule has 0 N–H and O–H groups in total. The van der Waals surface area contributed by atoms with E-state index in [0.717, 1.165) is 13.1 Å². The van der Waals surface area contributed by atoms with Crippen LogP contribution in [0, 0.1) is 0 Å². The Morgan fingerprint density at radius 2 is 1.87 bits per heavy atom. The molecule has 2 rings (SSSR count). The number of amides is 1. The van der Waals surface area contributed by atoms with Crippen LogP contribution in [-0.2, 0) is 0 Å². The minimum absolute atomic E-state index is 0.0518. The predicted octanol–water partition coefficient (Wildman–Crippen LogP) is 1.16. The molecule has 1 aromatic rings. The molecule has 0 aliphatic carbocycles. The van der Waals surface area contributed by atoms with Crippen molar-refractivity contribution in [3.8, 4) is 11.5 Å². The minimum atomic E-state index is 0.0518. The van der Waals surface area contributed by atoms with Gasteiger partial charge in [-0.15, -0.1) is 0 Å². The van der Waals surface area contributed by atoms with Gasteiger partial charge in [-0.05, 0) is 18.2 Å². The summed E-state index contributed by atoms with van der Waals surface area (Å²) in [6.07, 6.45) is 0. The van der Waals surface area contributed by atoms with Crippen molar-refractivity contribution in [1.82, 2.24) is 4.90 Å². The van der Waals surface area contributed by atoms with E-state index in [1.807, 2.05) is 0 Å². The first-order valence-electron chi connectivity index (χ1n) is 4.77. The number of nitrogens with zero attached hydrogens (tertiary/aromatic N) is 1. The molecule has 1 saturated heterocycles. The summed E-state index contributed by atoms with van der Waals surface area (Å²) in [6, 6.07) is 5.21. The molecule has 0 spiro atoms. The zero-order valence-electron chi connectivity index (χ0n) is 8.82. The molecule has 1 amide bonds. The Morgan fingerprint density at radius 3 is 2.40 bits per heavy atom. The van der Waals surface area contributed by atoms with Crippen LogP contribution in [-0.4, -0.2) is 38.1 Å². The molecular formula is C11H13NO3. The summed E-state index contributed by atoms with van der Waals surface area (Å²) in [5.41, 5.74) is 0.644. The molecule has 1 heterocycles. The number of rotatable bonds is 3. The van der Waals surface area contributed by atoms with Crippen molar-refractivity contribution in [2.75, 3.05) is 27.3 Å². The lowest BCUT2D eigenvalue weighted by atomic mass is 10.2. The smallest absolute Gasteiger partial charge is 0.254 e. The first-order chi connectivity index (χ1) is 7.26. The first kappa shape index (κ1) is 9.83. The fourth-order valence-corrected chi connectivity index (χ4v) is 1.40. The summed E-state index contributed by atoms with van der Waals surface area (Å²) in [6.45, 7) is 1.71. The quantitative estimate of drug-likeness (QED) is 0.698. The highest BCUT2D eigenvalue weighted by Crippen LogP contribution is 2.28. The van der Waals surface area contributed by atoms with E-state index in [-0.39, 0.29) is 5.91 Å². The van der Waals surface area contributed by atoms with Gasteiger partial charge in [0.15, 0.2) is 11.5 Å². The fourth-order valence-electron chi connectivity index (χ4n) is 1.40. The number of hydrogen-bond acceptors (Lipinski definition) is 3. The molecule has 1 aliphatic heterocycles. The van der Waals surface area contributed by atoms with Gasteiger partial charge in [-0.25, -0.2) is 0 Å². The molecule has 1 fully saturated rings. The molecular weight excluding hydrogens is 194 g/mol. The van der Waals surface area contributed by atoms with Gasteiger partial charge < -0.3 is 14.4 Å². The second-order valence-corrected chi connectivity index (χ2v) is 3.36. The van der Waals surface area contributed by atoms with E-state index in [0.29, 0.717) is 17.1 Å². The van der Waals surface area contributed by atoms with E-state index in [1.54, 1.807) is 37.3 Å². The molecule has 0 saturated carbocycles. The monoisotopic (exact) mass is 207 g/mol. The maximum Gasteiger partial charge on any atom is 0.254 e. The van der Waals surface area contributed by atoms with Gasteiger partial charge in [-0.2, -0.15) is 0 Å². The Bertz CT molecular complexity index is 385. The van der Waals surface area contributed by atoms with Crippen molar-refractivity contribution < 1.29 is 14.3 Å². The number of carbonyl (C=O) groups excluding carboxylic acids is 1. The number of carbonyl (C=O) groups is 1. The summed E-state index contributed by atoms with van der Waals surface area (Å²) < 4.78 is 10.2. The Hall–Kier alpha value is -1.71. The maximum atomic E-state index is 11.7. The SMILES string of the molecule is COc1ccc(C(=O)N2CC2)cc1OC. The van der Waals surface area contributed by atoms with E-state index >= 15 is 0 Å². The lowest BCUT2D eigenvalue weighted by molar-refractivity contribution is 0.0885. The van der Waals surface area contributed by atoms with Gasteiger partial charge >= 0.3 is 0 Å². The third-order valence-corrected chi connectivity index (χ3v) is 2.36. The molecule has 15 heavy (non-hydrogen) atoms. The van der Waals surface area contributed by atoms with Gasteiger partial charge in [0.25, 0.3) is 5.91 Å². The van der Waals surface area contributed by atoms with E-state index in [2.05, 4.69) is 0 Å². The van der Waals surface area contributed by atoms with Crippen LogP contribution < -0.4 is 9.47 Å². The van der Waals surface area contributed by atoms with E-state index < -0.39 is 0 Å². The summed E-state index contributed by atoms with van der Waals surface area (Å²) in [5, 5.41) is 0. The summed E-state index contributed by atoms with van der Waals surface area (Å²) >= 11 is 0. The Morgan fingerprint density at radius 1 is 1.20 bits per heavy atom. The molecule has 0 radical (unpaired) electrons. The Labute approximate surface area is 88.4 Å². The van der Waals surface area contributed by atoms with E-state index in [4.69, 9.17) is 9.47 Å². The number of ether oxygens (including phenoxy) is 2. The van der Waals surface area contributed by atoms with Crippen LogP contribution in [0.3, 0.4) is 0 Å². The zero-order valence-corrected chi connectivity index (χ0v) is 8.82. The summed E-state index contributed by atoms with van der Waals surface area (Å²) in [5.74, 6) is 1.28. The van der Waals surface area contributed by atoms with Crippen molar-refractivity contribution in [2.24, 2.45) is 0 Å². The topological polar surface area (TPSA) is 38.5 Å². The lowest BCUT2D eigenvalue weighted by Crippen LogP contribution is -2.10. The second kappa shape index (κ2) is 3.81. The number of benzene rings is 1. The highest BCUT2D eigenvalue weighted by molar-refractivity contribution is 5.96. The average Bonchev–Trinajstić information content (AvgIpc) is 3.11. The van der Waals surface area contributed by atoms with Gasteiger partial charge in [-0.3, -0.25) is 4.79 Å². The van der Waals surface area contributed by atoms with Crippen LogP contribution in [0.15, 0.2) is 18.2 Å². The average molecular weight is 207 g/mol. The molecule has 1 aromatic carbocycles. The summed E-state index contributed by atoms with van der Waals surface area (Å²) in [4.78, 5) is 13.5. The van der Waals surface area contributed by atoms with Crippen LogP contribution in [0.4, 0.5) is 0 Å². The van der Waals surface area contributed by atoms with Crippen LogP contribution >= 0.6 is 0 Å². The number of methoxy groups -OCH3 is 2. The third kappa shape index (κ3) is 1.88. The third-order valence-electron chi connectivity index (χ3n) is 2.36. The Kier molecular flexibility index (Phi) is 2.49. The van der Waals surface area contributed by atoms with E-state index in [1.165, 1.54) is 0 Å². The Balaban J connectivity index is 2.29. The van der Waals surface area contributed by atoms with Crippen LogP contribution in [0.25, 0.3) is 0 Å². The second-order valence-electron chi connectivity index (χ2n) is 3.36. The van der Waals surface area contributed by atoms with Gasteiger partial charge in [-0.1, -0.05) is 0 Å². The lowest BCUT2D eigenvalue weighted by Gasteiger charge is -2.09. The zero-order chi connectivity index (χ0) is 10.8. The van der Waals surface area contributed by atoms with E-state index in [9.17, 15) is 4.79 Å². The fraction of sp³-hybridized carbons (Fsp3) is 0.364. The molecule has 0 bridgehead atoms. The molecule has 80 valence electrons. The van der Waals surface area contributed by atoms with Gasteiger partial charge in [0.05, 0.1) is 14.2 Å². The molecule has 4 nitrogen and oxygen atoms in total. The molecule has 0 aromatic heterocycles. The standard InChI is InChI=1S/C11H13NO3/c1-14-9-4-3-8(7-10(9)15-2)11(13)12-5-6-12/h3-4,7H,5-6H2,1-2H3. The highest BCUT2D eigenvalue weighted by Gasteiger charge is 2.25. The highest BCUT2D eigenvalue weighted by atomic mass is 16.5. The van der Waals surface area contributed by atoms with Gasteiger partial charge in [0.2, 0.25) is 0 Å². The van der Waals surface area contributed by atoms with Crippen LogP contribution in [0.1, 0.15) is 10.4 Å². The maximum absolute atomic E-state index is 11.7. The van der Waals surface area contributed by atoms with Crippen molar-refractivity contribution in [3.05, 3.63) is 23.8 Å². The first-order valence-corrected chi connectivity index (χ1v) is 4.77. The van der Waals surface area contributed by atoms with Crippen molar-refractivity contribution in [3.63, 3.8) is 0 Å². The predicted molar refractivity (Wildman–Crippen MR) is 55.4 cm³/mol. The van der Waals surface area contributed by atoms with Crippen molar-refractivity contribution in [2.45, 2.75) is 0 Å². The summed E-state index contributed by atoms with van der Waals surface area (Å²) in [7, 11) is 3.13.